The average molecular weight is 1140 g/mol. The number of para-hydroxylation sites is 1. The highest BCUT2D eigenvalue weighted by Gasteiger charge is 2.47. The fraction of sp³-hybridized carbons (Fsp3) is 0.184. The molecule has 7 aromatic rings. The van der Waals surface area contributed by atoms with Gasteiger partial charge in [-0.1, -0.05) is 72.8 Å². The Morgan fingerprint density at radius 3 is 0.896 bits per heavy atom. The summed E-state index contributed by atoms with van der Waals surface area (Å²) in [4.78, 5) is 13.2. The van der Waals surface area contributed by atoms with Crippen molar-refractivity contribution in [2.24, 2.45) is 0 Å². The lowest BCUT2D eigenvalue weighted by molar-refractivity contribution is -0.657. The summed E-state index contributed by atoms with van der Waals surface area (Å²) in [7, 11) is 0. The first-order valence-corrected chi connectivity index (χ1v) is 21.5. The third-order valence-electron chi connectivity index (χ3n) is 11.7. The van der Waals surface area contributed by atoms with Crippen molar-refractivity contribution in [3.63, 3.8) is 0 Å². The summed E-state index contributed by atoms with van der Waals surface area (Å²) in [5.74, 6) is 0.0969. The zero-order chi connectivity index (χ0) is 57.9. The molecule has 0 aliphatic carbocycles. The van der Waals surface area contributed by atoms with E-state index in [9.17, 15) is 110 Å². The van der Waals surface area contributed by atoms with Gasteiger partial charge in [-0.3, -0.25) is 4.79 Å². The molecule has 0 atom stereocenters. The van der Waals surface area contributed by atoms with E-state index in [1.165, 1.54) is 0 Å². The molecule has 0 radical (unpaired) electrons. The lowest BCUT2D eigenvalue weighted by atomic mass is 9.12. The van der Waals surface area contributed by atoms with Crippen LogP contribution in [0.1, 0.15) is 54.9 Å². The number of thiol groups is 1. The highest BCUT2D eigenvalue weighted by molar-refractivity contribution is 7.80. The topological polar surface area (TPSA) is 20.9 Å². The molecule has 0 spiro atoms. The molecule has 1 aromatic heterocycles. The van der Waals surface area contributed by atoms with E-state index in [-0.39, 0.29) is 5.78 Å². The first-order chi connectivity index (χ1) is 35.0. The Morgan fingerprint density at radius 1 is 0.364 bits per heavy atom. The molecule has 0 saturated carbocycles. The normalized spacial score (nSPS) is 13.4. The van der Waals surface area contributed by atoms with Gasteiger partial charge in [0.15, 0.2) is 6.20 Å². The van der Waals surface area contributed by atoms with Gasteiger partial charge in [-0.2, -0.15) is 132 Å². The molecular weight excluding hydrogens is 1120 g/mol. The molecule has 2 nitrogen and oxygen atoms in total. The van der Waals surface area contributed by atoms with Crippen molar-refractivity contribution in [3.8, 4) is 0 Å². The van der Waals surface area contributed by atoms with Crippen LogP contribution in [-0.4, -0.2) is 11.9 Å². The summed E-state index contributed by atoms with van der Waals surface area (Å²) in [6.45, 7) is 0.341. The average Bonchev–Trinajstić information content (AvgIpc) is 3.30. The number of Topliss-reactive ketones (excluding diaryl/α,β-unsaturated/α-hetero) is 1. The molecule has 0 fully saturated rings. The summed E-state index contributed by atoms with van der Waals surface area (Å²) >= 11 is 4.23. The van der Waals surface area contributed by atoms with Crippen LogP contribution in [0.15, 0.2) is 145 Å². The van der Waals surface area contributed by atoms with Gasteiger partial charge in [-0.15, -0.1) is 12.6 Å². The smallest absolute Gasteiger partial charge is 0.287 e. The SMILES string of the molecule is FC(F)(F)c1cc([B-](c2cc(C(F)(F)F)cc(C(F)(F)F)c2)(c2cc(C(F)(F)F)cc(C(F)(F)F)c2)c2cc(C(F)(F)F)cc(C(F)(F)F)c2)cc(C(F)(F)F)c1.O=C(C[n+]1cccc2ccccc21)c1ccc(S)cc1. The third-order valence-corrected chi connectivity index (χ3v) is 12.0. The number of hydrogen-bond donors (Lipinski definition) is 1. The summed E-state index contributed by atoms with van der Waals surface area (Å²) in [6, 6.07) is 10.6. The van der Waals surface area contributed by atoms with Crippen LogP contribution in [0.3, 0.4) is 0 Å². The van der Waals surface area contributed by atoms with Gasteiger partial charge in [0.2, 0.25) is 17.8 Å². The minimum absolute atomic E-state index is 0.0969. The molecule has 7 rings (SSSR count). The number of halogens is 24. The van der Waals surface area contributed by atoms with Gasteiger partial charge in [0, 0.05) is 28.0 Å². The highest BCUT2D eigenvalue weighted by Crippen LogP contribution is 2.41. The maximum Gasteiger partial charge on any atom is 0.416 e. The van der Waals surface area contributed by atoms with Crippen LogP contribution in [0.2, 0.25) is 0 Å². The minimum Gasteiger partial charge on any atom is -0.287 e. The van der Waals surface area contributed by atoms with E-state index in [2.05, 4.69) is 12.6 Å². The van der Waals surface area contributed by atoms with E-state index >= 15 is 0 Å². The quantitative estimate of drug-likeness (QED) is 0.0555. The maximum atomic E-state index is 14.2. The number of fused-ring (bicyclic) bond motifs is 1. The molecule has 0 aliphatic heterocycles. The predicted octanol–water partition coefficient (Wildman–Crippen LogP) is 14.5. The lowest BCUT2D eigenvalue weighted by Crippen LogP contribution is -2.75. The van der Waals surface area contributed by atoms with Crippen LogP contribution in [0.5, 0.6) is 0 Å². The van der Waals surface area contributed by atoms with E-state index in [0.29, 0.717) is 12.1 Å². The number of carbonyl (C=O) groups is 1. The number of benzene rings is 6. The minimum atomic E-state index is -6.13. The van der Waals surface area contributed by atoms with Gasteiger partial charge < -0.3 is 0 Å². The molecule has 28 heteroatoms. The first-order valence-electron chi connectivity index (χ1n) is 21.1. The Kier molecular flexibility index (Phi) is 15.8. The monoisotopic (exact) mass is 1140 g/mol. The fourth-order valence-electron chi connectivity index (χ4n) is 8.32. The molecule has 0 bridgehead atoms. The zero-order valence-corrected chi connectivity index (χ0v) is 38.3. The summed E-state index contributed by atoms with van der Waals surface area (Å²) in [5.41, 5.74) is -28.4. The number of pyridine rings is 1. The number of alkyl halides is 24. The standard InChI is InChI=1S/C32H12BF24.C17H13NOS/c34-25(35,36)13-1-14(26(37,38)39)6-21(5-13)33(22-7-15(27(40,41)42)2-16(8-22)28(43,44)45,23-9-17(29(46,47)48)3-18(10-23)30(49,50)51)24-11-19(31(52,53)54)4-20(12-24)32(55,56)57;19-17(14-7-9-15(20)10-8-14)12-18-11-3-5-13-4-1-2-6-16(13)18/h1-12H;1-11H,12H2/q-1;/p+1. The Labute approximate surface area is 421 Å². The van der Waals surface area contributed by atoms with Crippen LogP contribution >= 0.6 is 12.6 Å². The molecule has 1 heterocycles. The van der Waals surface area contributed by atoms with Crippen molar-refractivity contribution in [2.45, 2.75) is 60.9 Å². The van der Waals surface area contributed by atoms with Crippen LogP contribution < -0.4 is 26.4 Å². The maximum absolute atomic E-state index is 14.2. The molecule has 0 N–H and O–H groups in total. The fourth-order valence-corrected chi connectivity index (χ4v) is 8.47. The van der Waals surface area contributed by atoms with Gasteiger partial charge in [-0.25, -0.2) is 0 Å². The van der Waals surface area contributed by atoms with Crippen molar-refractivity contribution >= 4 is 57.3 Å². The van der Waals surface area contributed by atoms with Gasteiger partial charge in [0.25, 0.3) is 0 Å². The van der Waals surface area contributed by atoms with Crippen LogP contribution in [0.25, 0.3) is 10.9 Å². The molecular formula is C49H26BF24NOS. The Morgan fingerprint density at radius 2 is 0.623 bits per heavy atom. The predicted molar refractivity (Wildman–Crippen MR) is 232 cm³/mol. The van der Waals surface area contributed by atoms with E-state index in [1.54, 1.807) is 0 Å². The summed E-state index contributed by atoms with van der Waals surface area (Å²) in [5, 5.41) is 1.13. The number of aromatic nitrogens is 1. The van der Waals surface area contributed by atoms with Crippen LogP contribution in [0.4, 0.5) is 105 Å². The van der Waals surface area contributed by atoms with Crippen molar-refractivity contribution in [1.29, 1.82) is 0 Å². The van der Waals surface area contributed by atoms with E-state index < -0.39 is 195 Å². The third kappa shape index (κ3) is 13.5. The highest BCUT2D eigenvalue weighted by atomic mass is 32.1. The lowest BCUT2D eigenvalue weighted by Gasteiger charge is -2.46. The number of hydrogen-bond acceptors (Lipinski definition) is 2. The van der Waals surface area contributed by atoms with Crippen LogP contribution in [0, 0.1) is 0 Å². The summed E-state index contributed by atoms with van der Waals surface area (Å²) in [6.07, 6.45) is -52.9. The van der Waals surface area contributed by atoms with Gasteiger partial charge >= 0.3 is 49.4 Å². The number of ketones is 1. The van der Waals surface area contributed by atoms with Crippen molar-refractivity contribution in [1.82, 2.24) is 0 Å². The van der Waals surface area contributed by atoms with Crippen molar-refractivity contribution in [3.05, 3.63) is 190 Å². The second kappa shape index (κ2) is 20.5. The summed E-state index contributed by atoms with van der Waals surface area (Å²) < 4.78 is 343. The number of nitrogens with zero attached hydrogens (tertiary/aromatic N) is 1. The van der Waals surface area contributed by atoms with E-state index in [4.69, 9.17) is 0 Å². The van der Waals surface area contributed by atoms with E-state index in [0.717, 1.165) is 15.8 Å². The Balaban J connectivity index is 0.000000397. The molecule has 0 saturated heterocycles. The zero-order valence-electron chi connectivity index (χ0n) is 37.4. The van der Waals surface area contributed by atoms with Crippen molar-refractivity contribution in [2.75, 3.05) is 0 Å². The van der Waals surface area contributed by atoms with E-state index in [1.807, 2.05) is 71.4 Å². The van der Waals surface area contributed by atoms with Crippen molar-refractivity contribution < 1.29 is 115 Å². The first kappa shape index (κ1) is 59.4. The Hall–Kier alpha value is -6.87. The Bertz CT molecular complexity index is 2870. The second-order valence-electron chi connectivity index (χ2n) is 16.9. The van der Waals surface area contributed by atoms with Gasteiger partial charge in [0.05, 0.1) is 44.5 Å². The largest absolute Gasteiger partial charge is 0.416 e. The molecule has 0 unspecified atom stereocenters. The molecule has 410 valence electrons. The second-order valence-corrected chi connectivity index (χ2v) is 17.4. The molecule has 0 aliphatic rings. The van der Waals surface area contributed by atoms with Gasteiger partial charge in [-0.05, 0) is 48.5 Å². The number of rotatable bonds is 7. The molecule has 6 aromatic carbocycles. The molecule has 0 amide bonds. The van der Waals surface area contributed by atoms with Crippen LogP contribution in [-0.2, 0) is 56.0 Å². The van der Waals surface area contributed by atoms with Gasteiger partial charge in [0.1, 0.15) is 6.15 Å². The molecule has 77 heavy (non-hydrogen) atoms. The number of carbonyl (C=O) groups excluding carboxylic acids is 1.